The Hall–Kier alpha value is -4.63. The molecule has 2 aromatic rings. The van der Waals surface area contributed by atoms with Crippen LogP contribution in [0.2, 0.25) is 0 Å². The minimum Gasteiger partial charge on any atom is -0.507 e. The number of ether oxygens (including phenoxy) is 1. The second kappa shape index (κ2) is 11.4. The van der Waals surface area contributed by atoms with E-state index in [2.05, 4.69) is 10.3 Å². The normalized spacial score (nSPS) is 27.5. The zero-order chi connectivity index (χ0) is 33.1. The number of likely N-dealkylation sites (N-methyl/N-ethyl adjacent to an activating group) is 1. The standard InChI is InChI=1S/C30H35N5O10/c1-6-44-28(42)16-11-45-29(33-16)32-10-13-9-17(34(2)3)14-7-12-8-15-21(35(4)5)24(38)20(27(31)41)26(40)30(15,43)25(39)18(12)23(37)19(14)22(13)36/h9,11-12,15,18,20-21,36,43H,6-8,10H2,1-5H3,(H2,31,41)(H,32,33)/t12-,15-,18?,20?,21?,30-/m0/s1. The molecule has 15 nitrogen and oxygen atoms in total. The van der Waals surface area contributed by atoms with Crippen molar-refractivity contribution in [3.8, 4) is 5.75 Å². The van der Waals surface area contributed by atoms with E-state index in [9.17, 15) is 39.0 Å². The zero-order valence-electron chi connectivity index (χ0n) is 25.4. The highest BCUT2D eigenvalue weighted by Gasteiger charge is 2.69. The van der Waals surface area contributed by atoms with Gasteiger partial charge in [-0.1, -0.05) is 0 Å². The predicted octanol–water partition coefficient (Wildman–Crippen LogP) is -0.290. The quantitative estimate of drug-likeness (QED) is 0.219. The molecule has 3 aliphatic carbocycles. The Bertz CT molecular complexity index is 1630. The van der Waals surface area contributed by atoms with Crippen LogP contribution < -0.4 is 16.0 Å². The number of oxazole rings is 1. The molecule has 1 heterocycles. The van der Waals surface area contributed by atoms with Crippen LogP contribution in [0.5, 0.6) is 5.75 Å². The number of anilines is 2. The van der Waals surface area contributed by atoms with Crippen molar-refractivity contribution in [3.63, 3.8) is 0 Å². The molecule has 3 aliphatic rings. The summed E-state index contributed by atoms with van der Waals surface area (Å²) >= 11 is 0. The molecule has 2 fully saturated rings. The topological polar surface area (TPSA) is 223 Å². The van der Waals surface area contributed by atoms with Gasteiger partial charge in [-0.05, 0) is 51.4 Å². The lowest BCUT2D eigenvalue weighted by Crippen LogP contribution is -2.74. The van der Waals surface area contributed by atoms with Crippen molar-refractivity contribution in [2.24, 2.45) is 29.4 Å². The molecular weight excluding hydrogens is 590 g/mol. The Kier molecular flexibility index (Phi) is 8.04. The lowest BCUT2D eigenvalue weighted by Gasteiger charge is -2.52. The van der Waals surface area contributed by atoms with Crippen molar-refractivity contribution in [1.82, 2.24) is 9.88 Å². The van der Waals surface area contributed by atoms with Crippen LogP contribution in [-0.2, 0) is 36.9 Å². The van der Waals surface area contributed by atoms with E-state index in [-0.39, 0.29) is 48.8 Å². The lowest BCUT2D eigenvalue weighted by atomic mass is 9.52. The van der Waals surface area contributed by atoms with E-state index < -0.39 is 76.1 Å². The highest BCUT2D eigenvalue weighted by molar-refractivity contribution is 6.32. The molecule has 5 rings (SSSR count). The summed E-state index contributed by atoms with van der Waals surface area (Å²) in [5, 5.41) is 26.0. The highest BCUT2D eigenvalue weighted by Crippen LogP contribution is 2.52. The van der Waals surface area contributed by atoms with Crippen molar-refractivity contribution >= 4 is 46.7 Å². The SMILES string of the molecule is CCOC(=O)c1coc(NCc2cc(N(C)C)c3c(c2O)C(=O)C2C(=O)[C@]4(O)C(=O)C(C(N)=O)C(=O)C(N(C)C)[C@@H]4C[C@@H]2C3)n1. The lowest BCUT2D eigenvalue weighted by molar-refractivity contribution is -0.181. The van der Waals surface area contributed by atoms with Gasteiger partial charge < -0.3 is 35.3 Å². The number of rotatable bonds is 8. The molecule has 6 atom stereocenters. The number of ketones is 4. The molecule has 1 aromatic carbocycles. The number of phenols is 1. The maximum atomic E-state index is 14.1. The van der Waals surface area contributed by atoms with Crippen LogP contribution in [0.1, 0.15) is 45.3 Å². The van der Waals surface area contributed by atoms with Gasteiger partial charge in [0.15, 0.2) is 40.3 Å². The number of nitrogens with zero attached hydrogens (tertiary/aromatic N) is 3. The predicted molar refractivity (Wildman–Crippen MR) is 155 cm³/mol. The van der Waals surface area contributed by atoms with E-state index in [0.29, 0.717) is 11.3 Å². The molecule has 1 aromatic heterocycles. The number of esters is 1. The summed E-state index contributed by atoms with van der Waals surface area (Å²) in [5.74, 6) is -11.9. The fraction of sp³-hybridized carbons (Fsp3) is 0.500. The number of hydrogen-bond donors (Lipinski definition) is 4. The number of aromatic hydroxyl groups is 1. The van der Waals surface area contributed by atoms with Gasteiger partial charge in [0.25, 0.3) is 6.01 Å². The molecule has 0 saturated heterocycles. The van der Waals surface area contributed by atoms with E-state index in [4.69, 9.17) is 14.9 Å². The highest BCUT2D eigenvalue weighted by atomic mass is 16.5. The fourth-order valence-corrected chi connectivity index (χ4v) is 7.06. The molecule has 0 bridgehead atoms. The Balaban J connectivity index is 1.54. The molecule has 240 valence electrons. The van der Waals surface area contributed by atoms with Gasteiger partial charge >= 0.3 is 5.97 Å². The zero-order valence-corrected chi connectivity index (χ0v) is 25.4. The number of amides is 1. The number of aliphatic hydroxyl groups is 1. The fourth-order valence-electron chi connectivity index (χ4n) is 7.06. The Morgan fingerprint density at radius 2 is 1.87 bits per heavy atom. The maximum Gasteiger partial charge on any atom is 0.360 e. The second-order valence-corrected chi connectivity index (χ2v) is 12.1. The summed E-state index contributed by atoms with van der Waals surface area (Å²) in [6.45, 7) is 1.69. The monoisotopic (exact) mass is 625 g/mol. The molecule has 0 radical (unpaired) electrons. The number of nitrogens with one attached hydrogen (secondary N) is 1. The molecule has 5 N–H and O–H groups in total. The van der Waals surface area contributed by atoms with Crippen LogP contribution in [-0.4, -0.2) is 102 Å². The van der Waals surface area contributed by atoms with Gasteiger partial charge in [0, 0.05) is 37.8 Å². The summed E-state index contributed by atoms with van der Waals surface area (Å²) in [4.78, 5) is 86.3. The van der Waals surface area contributed by atoms with Crippen molar-refractivity contribution in [3.05, 3.63) is 34.7 Å². The maximum absolute atomic E-state index is 14.1. The Morgan fingerprint density at radius 3 is 2.47 bits per heavy atom. The van der Waals surface area contributed by atoms with Gasteiger partial charge in [-0.2, -0.15) is 4.98 Å². The minimum absolute atomic E-state index is 0.0477. The molecule has 1 amide bonds. The molecule has 3 unspecified atom stereocenters. The summed E-state index contributed by atoms with van der Waals surface area (Å²) in [6, 6.07) is 0.438. The summed E-state index contributed by atoms with van der Waals surface area (Å²) in [6.07, 6.45) is 1.19. The number of benzene rings is 1. The van der Waals surface area contributed by atoms with Crippen molar-refractivity contribution in [2.75, 3.05) is 45.0 Å². The average molecular weight is 626 g/mol. The first-order chi connectivity index (χ1) is 21.1. The Labute approximate surface area is 257 Å². The number of carbonyl (C=O) groups excluding carboxylic acids is 6. The molecule has 15 heteroatoms. The van der Waals surface area contributed by atoms with Gasteiger partial charge in [-0.15, -0.1) is 0 Å². The van der Waals surface area contributed by atoms with E-state index >= 15 is 0 Å². The average Bonchev–Trinajstić information content (AvgIpc) is 3.43. The number of phenolic OH excluding ortho intramolecular Hbond substituents is 1. The molecule has 45 heavy (non-hydrogen) atoms. The van der Waals surface area contributed by atoms with Gasteiger partial charge in [0.05, 0.1) is 24.1 Å². The van der Waals surface area contributed by atoms with Gasteiger partial charge in [-0.25, -0.2) is 4.79 Å². The molecule has 2 saturated carbocycles. The van der Waals surface area contributed by atoms with E-state index in [1.165, 1.54) is 19.0 Å². The van der Waals surface area contributed by atoms with Crippen LogP contribution in [0.4, 0.5) is 11.7 Å². The van der Waals surface area contributed by atoms with Crippen LogP contribution in [0.3, 0.4) is 0 Å². The van der Waals surface area contributed by atoms with Crippen molar-refractivity contribution in [1.29, 1.82) is 0 Å². The smallest absolute Gasteiger partial charge is 0.360 e. The first-order valence-electron chi connectivity index (χ1n) is 14.4. The molecule has 0 aliphatic heterocycles. The van der Waals surface area contributed by atoms with E-state index in [1.807, 2.05) is 0 Å². The second-order valence-electron chi connectivity index (χ2n) is 12.1. The first-order valence-corrected chi connectivity index (χ1v) is 14.4. The van der Waals surface area contributed by atoms with Crippen LogP contribution in [0.25, 0.3) is 0 Å². The number of Topliss-reactive ketones (excluding diaryl/α,β-unsaturated/α-hetero) is 4. The number of hydrogen-bond acceptors (Lipinski definition) is 14. The largest absolute Gasteiger partial charge is 0.507 e. The van der Waals surface area contributed by atoms with E-state index in [0.717, 1.165) is 6.26 Å². The summed E-state index contributed by atoms with van der Waals surface area (Å²) in [7, 11) is 6.55. The third-order valence-corrected chi connectivity index (χ3v) is 9.02. The minimum atomic E-state index is -2.81. The number of carbonyl (C=O) groups is 6. The first kappa shape index (κ1) is 31.8. The number of primary amides is 1. The number of aromatic nitrogens is 1. The van der Waals surface area contributed by atoms with Crippen LogP contribution >= 0.6 is 0 Å². The van der Waals surface area contributed by atoms with Gasteiger partial charge in [0.2, 0.25) is 5.91 Å². The summed E-state index contributed by atoms with van der Waals surface area (Å²) in [5.41, 5.74) is 3.65. The Morgan fingerprint density at radius 1 is 1.18 bits per heavy atom. The summed E-state index contributed by atoms with van der Waals surface area (Å²) < 4.78 is 10.2. The van der Waals surface area contributed by atoms with Crippen molar-refractivity contribution < 1.29 is 48.1 Å². The third kappa shape index (κ3) is 4.86. The number of nitrogens with two attached hydrogens (primary N) is 1. The van der Waals surface area contributed by atoms with Gasteiger partial charge in [-0.3, -0.25) is 28.9 Å². The molecule has 0 spiro atoms. The molecular formula is C30H35N5O10. The third-order valence-electron chi connectivity index (χ3n) is 9.02. The van der Waals surface area contributed by atoms with Crippen LogP contribution in [0, 0.1) is 23.7 Å². The number of fused-ring (bicyclic) bond motifs is 3. The van der Waals surface area contributed by atoms with E-state index in [1.54, 1.807) is 32.0 Å². The van der Waals surface area contributed by atoms with Crippen molar-refractivity contribution in [2.45, 2.75) is 38.0 Å². The van der Waals surface area contributed by atoms with Crippen LogP contribution in [0.15, 0.2) is 16.7 Å². The van der Waals surface area contributed by atoms with Gasteiger partial charge in [0.1, 0.15) is 12.0 Å².